The summed E-state index contributed by atoms with van der Waals surface area (Å²) < 4.78 is 0. The second kappa shape index (κ2) is 10.0. The Morgan fingerprint density at radius 3 is 2.53 bits per heavy atom. The van der Waals surface area contributed by atoms with Crippen LogP contribution in [-0.2, 0) is 6.54 Å². The molecule has 30 heavy (non-hydrogen) atoms. The molecule has 0 spiro atoms. The van der Waals surface area contributed by atoms with Crippen molar-refractivity contribution in [2.24, 2.45) is 0 Å². The third-order valence-electron chi connectivity index (χ3n) is 4.36. The molecule has 154 valence electrons. The second-order valence-electron chi connectivity index (χ2n) is 6.47. The topological polar surface area (TPSA) is 108 Å². The fraction of sp³-hybridized carbons (Fsp3) is 0.182. The molecule has 0 aliphatic carbocycles. The number of rotatable bonds is 7. The highest BCUT2D eigenvalue weighted by molar-refractivity contribution is 5.99. The molecule has 0 unspecified atom stereocenters. The third kappa shape index (κ3) is 5.32. The van der Waals surface area contributed by atoms with E-state index in [1.807, 2.05) is 37.3 Å². The summed E-state index contributed by atoms with van der Waals surface area (Å²) in [5.74, 6) is -0.193. The number of hydrogen-bond acceptors (Lipinski definition) is 5. The van der Waals surface area contributed by atoms with Crippen molar-refractivity contribution in [1.82, 2.24) is 20.6 Å². The molecular weight excluding hydrogens is 380 g/mol. The van der Waals surface area contributed by atoms with Gasteiger partial charge in [0.1, 0.15) is 0 Å². The van der Waals surface area contributed by atoms with E-state index in [-0.39, 0.29) is 11.9 Å². The molecule has 0 aliphatic rings. The summed E-state index contributed by atoms with van der Waals surface area (Å²) in [6, 6.07) is 12.6. The lowest BCUT2D eigenvalue weighted by atomic mass is 10.1. The van der Waals surface area contributed by atoms with Gasteiger partial charge in [0.2, 0.25) is 0 Å². The molecule has 0 radical (unpaired) electrons. The van der Waals surface area contributed by atoms with E-state index in [1.54, 1.807) is 37.8 Å². The number of aromatic nitrogens is 2. The van der Waals surface area contributed by atoms with Crippen LogP contribution in [0.5, 0.6) is 0 Å². The Balaban J connectivity index is 1.67. The van der Waals surface area contributed by atoms with E-state index in [0.29, 0.717) is 24.3 Å². The number of hydrogen-bond donors (Lipinski definition) is 4. The van der Waals surface area contributed by atoms with Crippen molar-refractivity contribution in [2.75, 3.05) is 24.2 Å². The Morgan fingerprint density at radius 1 is 1.07 bits per heavy atom. The first-order valence-corrected chi connectivity index (χ1v) is 9.61. The molecule has 0 atom stereocenters. The van der Waals surface area contributed by atoms with Gasteiger partial charge in [-0.25, -0.2) is 4.79 Å². The summed E-state index contributed by atoms with van der Waals surface area (Å²) >= 11 is 0. The van der Waals surface area contributed by atoms with Crippen LogP contribution in [0.15, 0.2) is 61.1 Å². The van der Waals surface area contributed by atoms with Crippen LogP contribution in [0.25, 0.3) is 11.3 Å². The quantitative estimate of drug-likeness (QED) is 0.483. The second-order valence-corrected chi connectivity index (χ2v) is 6.47. The number of carbonyl (C=O) groups is 2. The minimum atomic E-state index is -0.297. The van der Waals surface area contributed by atoms with Crippen LogP contribution in [0.1, 0.15) is 22.8 Å². The molecule has 3 rings (SSSR count). The van der Waals surface area contributed by atoms with Crippen LogP contribution in [0, 0.1) is 0 Å². The zero-order chi connectivity index (χ0) is 21.3. The first-order valence-electron chi connectivity index (χ1n) is 9.61. The van der Waals surface area contributed by atoms with Crippen LogP contribution in [0.4, 0.5) is 16.2 Å². The summed E-state index contributed by atoms with van der Waals surface area (Å²) in [5.41, 5.74) is 4.40. The normalized spacial score (nSPS) is 10.2. The first-order chi connectivity index (χ1) is 14.6. The summed E-state index contributed by atoms with van der Waals surface area (Å²) in [5, 5.41) is 11.4. The molecule has 0 bridgehead atoms. The molecule has 3 aromatic rings. The van der Waals surface area contributed by atoms with E-state index >= 15 is 0 Å². The van der Waals surface area contributed by atoms with E-state index in [0.717, 1.165) is 22.5 Å². The molecule has 0 saturated carbocycles. The van der Waals surface area contributed by atoms with Gasteiger partial charge in [0, 0.05) is 50.0 Å². The van der Waals surface area contributed by atoms with Gasteiger partial charge in [0.15, 0.2) is 0 Å². The number of amides is 3. The van der Waals surface area contributed by atoms with Crippen molar-refractivity contribution in [3.8, 4) is 11.3 Å². The van der Waals surface area contributed by atoms with E-state index in [1.165, 1.54) is 0 Å². The molecule has 8 nitrogen and oxygen atoms in total. The third-order valence-corrected chi connectivity index (χ3v) is 4.36. The van der Waals surface area contributed by atoms with Crippen LogP contribution in [-0.4, -0.2) is 35.5 Å². The van der Waals surface area contributed by atoms with Crippen LogP contribution >= 0.6 is 0 Å². The lowest BCUT2D eigenvalue weighted by Crippen LogP contribution is -2.28. The molecule has 0 aliphatic heterocycles. The Hall–Kier alpha value is -3.94. The van der Waals surface area contributed by atoms with Crippen molar-refractivity contribution in [2.45, 2.75) is 13.5 Å². The van der Waals surface area contributed by atoms with Gasteiger partial charge in [-0.05, 0) is 36.8 Å². The summed E-state index contributed by atoms with van der Waals surface area (Å²) in [4.78, 5) is 32.5. The maximum atomic E-state index is 12.1. The van der Waals surface area contributed by atoms with E-state index in [4.69, 9.17) is 0 Å². The number of urea groups is 1. The van der Waals surface area contributed by atoms with Crippen molar-refractivity contribution >= 4 is 23.3 Å². The van der Waals surface area contributed by atoms with Gasteiger partial charge in [-0.1, -0.05) is 18.2 Å². The highest BCUT2D eigenvalue weighted by Crippen LogP contribution is 2.24. The summed E-state index contributed by atoms with van der Waals surface area (Å²) in [6.07, 6.45) is 4.96. The van der Waals surface area contributed by atoms with Crippen LogP contribution < -0.4 is 21.3 Å². The number of anilines is 2. The predicted octanol–water partition coefficient (Wildman–Crippen LogP) is 3.26. The fourth-order valence-corrected chi connectivity index (χ4v) is 2.85. The van der Waals surface area contributed by atoms with E-state index < -0.39 is 0 Å². The predicted molar refractivity (Wildman–Crippen MR) is 117 cm³/mol. The highest BCUT2D eigenvalue weighted by atomic mass is 16.2. The lowest BCUT2D eigenvalue weighted by Gasteiger charge is -2.12. The van der Waals surface area contributed by atoms with Gasteiger partial charge in [-0.3, -0.25) is 14.8 Å². The maximum Gasteiger partial charge on any atom is 0.319 e. The largest absolute Gasteiger partial charge is 0.385 e. The standard InChI is InChI=1S/C22H24N6O2/c1-3-25-20-11-19(26-14-18(20)21(29)23-2)16-6-8-17(9-7-16)28-22(30)27-13-15-5-4-10-24-12-15/h4-12,14H,3,13H2,1-2H3,(H,23,29)(H,25,26)(H2,27,28,30). The zero-order valence-corrected chi connectivity index (χ0v) is 16.9. The van der Waals surface area contributed by atoms with Crippen molar-refractivity contribution in [3.63, 3.8) is 0 Å². The monoisotopic (exact) mass is 404 g/mol. The molecule has 2 aromatic heterocycles. The molecule has 1 aromatic carbocycles. The van der Waals surface area contributed by atoms with Gasteiger partial charge in [-0.2, -0.15) is 0 Å². The average Bonchev–Trinajstić information content (AvgIpc) is 2.78. The number of benzene rings is 1. The lowest BCUT2D eigenvalue weighted by molar-refractivity contribution is 0.0963. The fourth-order valence-electron chi connectivity index (χ4n) is 2.85. The van der Waals surface area contributed by atoms with Crippen molar-refractivity contribution < 1.29 is 9.59 Å². The van der Waals surface area contributed by atoms with Gasteiger partial charge in [0.05, 0.1) is 16.9 Å². The summed E-state index contributed by atoms with van der Waals surface area (Å²) in [7, 11) is 1.59. The number of carbonyl (C=O) groups excluding carboxylic acids is 2. The minimum absolute atomic E-state index is 0.193. The van der Waals surface area contributed by atoms with E-state index in [9.17, 15) is 9.59 Å². The SMILES string of the molecule is CCNc1cc(-c2ccc(NC(=O)NCc3cccnc3)cc2)ncc1C(=O)NC. The van der Waals surface area contributed by atoms with Crippen LogP contribution in [0.3, 0.4) is 0 Å². The molecule has 3 amide bonds. The Labute approximate surface area is 175 Å². The highest BCUT2D eigenvalue weighted by Gasteiger charge is 2.12. The van der Waals surface area contributed by atoms with Crippen molar-refractivity contribution in [1.29, 1.82) is 0 Å². The average molecular weight is 404 g/mol. The summed E-state index contributed by atoms with van der Waals surface area (Å²) in [6.45, 7) is 3.05. The van der Waals surface area contributed by atoms with Crippen LogP contribution in [0.2, 0.25) is 0 Å². The number of nitrogens with one attached hydrogen (secondary N) is 4. The first kappa shape index (κ1) is 20.8. The Morgan fingerprint density at radius 2 is 1.87 bits per heavy atom. The number of nitrogens with zero attached hydrogens (tertiary/aromatic N) is 2. The Bertz CT molecular complexity index is 1010. The molecule has 0 saturated heterocycles. The molecule has 2 heterocycles. The smallest absolute Gasteiger partial charge is 0.319 e. The van der Waals surface area contributed by atoms with Gasteiger partial charge in [0.25, 0.3) is 5.91 Å². The minimum Gasteiger partial charge on any atom is -0.385 e. The Kier molecular flexibility index (Phi) is 6.94. The van der Waals surface area contributed by atoms with Gasteiger partial charge < -0.3 is 21.3 Å². The molecule has 0 fully saturated rings. The zero-order valence-electron chi connectivity index (χ0n) is 16.9. The molecule has 8 heteroatoms. The molecular formula is C22H24N6O2. The van der Waals surface area contributed by atoms with E-state index in [2.05, 4.69) is 31.2 Å². The van der Waals surface area contributed by atoms with Gasteiger partial charge in [-0.15, -0.1) is 0 Å². The maximum absolute atomic E-state index is 12.1. The number of pyridine rings is 2. The van der Waals surface area contributed by atoms with Crippen molar-refractivity contribution in [3.05, 3.63) is 72.2 Å². The molecule has 4 N–H and O–H groups in total. The van der Waals surface area contributed by atoms with Gasteiger partial charge >= 0.3 is 6.03 Å².